The lowest BCUT2D eigenvalue weighted by atomic mass is 10.1. The molecule has 1 aromatic carbocycles. The first-order chi connectivity index (χ1) is 16.4. The van der Waals surface area contributed by atoms with Gasteiger partial charge in [0.05, 0.1) is 21.3 Å². The first-order valence-corrected chi connectivity index (χ1v) is 11.6. The van der Waals surface area contributed by atoms with Crippen molar-refractivity contribution < 1.29 is 19.0 Å². The summed E-state index contributed by atoms with van der Waals surface area (Å²) < 4.78 is 16.2. The maximum absolute atomic E-state index is 13.2. The van der Waals surface area contributed by atoms with Crippen LogP contribution in [0.15, 0.2) is 18.2 Å². The van der Waals surface area contributed by atoms with Gasteiger partial charge in [0.2, 0.25) is 5.75 Å². The number of likely N-dealkylation sites (N-methyl/N-ethyl adjacent to an activating group) is 1. The summed E-state index contributed by atoms with van der Waals surface area (Å²) in [7, 11) is 6.78. The van der Waals surface area contributed by atoms with E-state index in [4.69, 9.17) is 14.2 Å². The highest BCUT2D eigenvalue weighted by Gasteiger charge is 2.26. The van der Waals surface area contributed by atoms with E-state index in [2.05, 4.69) is 37.8 Å². The molecular weight excluding hydrogens is 436 g/mol. The molecule has 3 heterocycles. The van der Waals surface area contributed by atoms with Crippen LogP contribution in [0.5, 0.6) is 17.2 Å². The van der Waals surface area contributed by atoms with E-state index in [0.717, 1.165) is 43.6 Å². The van der Waals surface area contributed by atoms with E-state index in [9.17, 15) is 4.79 Å². The second kappa shape index (κ2) is 10.3. The van der Waals surface area contributed by atoms with Gasteiger partial charge < -0.3 is 33.8 Å². The van der Waals surface area contributed by atoms with Gasteiger partial charge in [0.1, 0.15) is 17.5 Å². The van der Waals surface area contributed by atoms with Crippen molar-refractivity contribution in [2.75, 3.05) is 90.5 Å². The normalized spacial score (nSPS) is 17.0. The lowest BCUT2D eigenvalue weighted by Crippen LogP contribution is -2.49. The third kappa shape index (κ3) is 4.96. The van der Waals surface area contributed by atoms with Crippen LogP contribution >= 0.6 is 0 Å². The minimum atomic E-state index is -0.0594. The molecule has 0 unspecified atom stereocenters. The van der Waals surface area contributed by atoms with Crippen LogP contribution in [0.3, 0.4) is 0 Å². The van der Waals surface area contributed by atoms with Crippen molar-refractivity contribution in [3.05, 3.63) is 29.6 Å². The van der Waals surface area contributed by atoms with Gasteiger partial charge in [-0.05, 0) is 26.1 Å². The number of piperazine rings is 2. The van der Waals surface area contributed by atoms with E-state index in [-0.39, 0.29) is 5.91 Å². The highest BCUT2D eigenvalue weighted by molar-refractivity contribution is 5.95. The third-order valence-electron chi connectivity index (χ3n) is 6.44. The molecule has 0 N–H and O–H groups in total. The number of amides is 1. The van der Waals surface area contributed by atoms with Gasteiger partial charge >= 0.3 is 0 Å². The number of ether oxygens (including phenoxy) is 3. The molecule has 0 aliphatic carbocycles. The summed E-state index contributed by atoms with van der Waals surface area (Å²) in [5, 5.41) is 0. The molecule has 0 bridgehead atoms. The Morgan fingerprint density at radius 1 is 0.765 bits per heavy atom. The Morgan fingerprint density at radius 2 is 1.26 bits per heavy atom. The lowest BCUT2D eigenvalue weighted by Gasteiger charge is -2.37. The zero-order chi connectivity index (χ0) is 24.2. The molecule has 2 fully saturated rings. The Hall–Kier alpha value is -3.27. The van der Waals surface area contributed by atoms with Gasteiger partial charge in [-0.1, -0.05) is 0 Å². The Morgan fingerprint density at radius 3 is 1.74 bits per heavy atom. The minimum Gasteiger partial charge on any atom is -0.493 e. The monoisotopic (exact) mass is 470 g/mol. The second-order valence-electron chi connectivity index (χ2n) is 8.62. The molecule has 2 aromatic rings. The van der Waals surface area contributed by atoms with Crippen LogP contribution in [0.4, 0.5) is 11.6 Å². The van der Waals surface area contributed by atoms with Gasteiger partial charge in [-0.2, -0.15) is 0 Å². The largest absolute Gasteiger partial charge is 0.493 e. The zero-order valence-electron chi connectivity index (χ0n) is 20.7. The van der Waals surface area contributed by atoms with Gasteiger partial charge in [-0.15, -0.1) is 0 Å². The molecule has 4 rings (SSSR count). The second-order valence-corrected chi connectivity index (χ2v) is 8.62. The summed E-state index contributed by atoms with van der Waals surface area (Å²) >= 11 is 0. The molecule has 1 aromatic heterocycles. The van der Waals surface area contributed by atoms with Crippen LogP contribution in [-0.4, -0.2) is 106 Å². The number of methoxy groups -OCH3 is 3. The molecule has 184 valence electrons. The predicted octanol–water partition coefficient (Wildman–Crippen LogP) is 1.53. The smallest absolute Gasteiger partial charge is 0.254 e. The standard InChI is InChI=1S/C24H34N6O4/c1-17-25-21(28-8-6-27(2)7-9-28)16-22(26-17)29-10-12-30(13-11-29)24(31)18-14-19(32-3)23(34-5)20(15-18)33-4/h14-16H,6-13H2,1-5H3. The van der Waals surface area contributed by atoms with Crippen molar-refractivity contribution >= 4 is 17.5 Å². The van der Waals surface area contributed by atoms with Gasteiger partial charge in [-0.25, -0.2) is 9.97 Å². The maximum atomic E-state index is 13.2. The van der Waals surface area contributed by atoms with Crippen LogP contribution in [0.2, 0.25) is 0 Å². The number of anilines is 2. The van der Waals surface area contributed by atoms with Crippen molar-refractivity contribution in [2.45, 2.75) is 6.92 Å². The van der Waals surface area contributed by atoms with E-state index < -0.39 is 0 Å². The molecule has 10 nitrogen and oxygen atoms in total. The first kappa shape index (κ1) is 23.9. The van der Waals surface area contributed by atoms with Gasteiger partial charge in [0.25, 0.3) is 5.91 Å². The molecule has 0 radical (unpaired) electrons. The molecule has 2 aliphatic heterocycles. The Balaban J connectivity index is 1.45. The molecule has 0 saturated carbocycles. The summed E-state index contributed by atoms with van der Waals surface area (Å²) in [6.07, 6.45) is 0. The van der Waals surface area contributed by atoms with Gasteiger partial charge in [-0.3, -0.25) is 4.79 Å². The molecule has 2 saturated heterocycles. The number of nitrogens with zero attached hydrogens (tertiary/aromatic N) is 6. The van der Waals surface area contributed by atoms with E-state index in [1.165, 1.54) is 0 Å². The van der Waals surface area contributed by atoms with E-state index >= 15 is 0 Å². The number of hydrogen-bond donors (Lipinski definition) is 0. The van der Waals surface area contributed by atoms with E-state index in [0.29, 0.717) is 49.0 Å². The SMILES string of the molecule is COc1cc(C(=O)N2CCN(c3cc(N4CCN(C)CC4)nc(C)n3)CC2)cc(OC)c1OC. The molecule has 34 heavy (non-hydrogen) atoms. The average molecular weight is 471 g/mol. The van der Waals surface area contributed by atoms with Gasteiger partial charge in [0.15, 0.2) is 11.5 Å². The highest BCUT2D eigenvalue weighted by Crippen LogP contribution is 2.38. The molecule has 2 aliphatic rings. The van der Waals surface area contributed by atoms with Crippen LogP contribution in [-0.2, 0) is 0 Å². The number of rotatable bonds is 6. The Labute approximate surface area is 201 Å². The van der Waals surface area contributed by atoms with Crippen LogP contribution in [0.1, 0.15) is 16.2 Å². The van der Waals surface area contributed by atoms with Crippen molar-refractivity contribution in [2.24, 2.45) is 0 Å². The fraction of sp³-hybridized carbons (Fsp3) is 0.542. The number of hydrogen-bond acceptors (Lipinski definition) is 9. The quantitative estimate of drug-likeness (QED) is 0.624. The van der Waals surface area contributed by atoms with Crippen LogP contribution in [0, 0.1) is 6.92 Å². The van der Waals surface area contributed by atoms with Crippen LogP contribution < -0.4 is 24.0 Å². The summed E-state index contributed by atoms with van der Waals surface area (Å²) in [5.41, 5.74) is 0.512. The molecular formula is C24H34N6O4. The number of aryl methyl sites for hydroxylation is 1. The number of aromatic nitrogens is 2. The molecule has 10 heteroatoms. The van der Waals surface area contributed by atoms with Gasteiger partial charge in [0, 0.05) is 64.0 Å². The minimum absolute atomic E-state index is 0.0594. The van der Waals surface area contributed by atoms with Crippen molar-refractivity contribution in [1.29, 1.82) is 0 Å². The third-order valence-corrected chi connectivity index (χ3v) is 6.44. The highest BCUT2D eigenvalue weighted by atomic mass is 16.5. The zero-order valence-corrected chi connectivity index (χ0v) is 20.7. The Bertz CT molecular complexity index is 992. The molecule has 0 spiro atoms. The fourth-order valence-electron chi connectivity index (χ4n) is 4.42. The Kier molecular flexibility index (Phi) is 7.26. The fourth-order valence-corrected chi connectivity index (χ4v) is 4.42. The van der Waals surface area contributed by atoms with E-state index in [1.54, 1.807) is 33.5 Å². The summed E-state index contributed by atoms with van der Waals surface area (Å²) in [4.78, 5) is 31.3. The summed E-state index contributed by atoms with van der Waals surface area (Å²) in [6.45, 7) is 8.52. The average Bonchev–Trinajstić information content (AvgIpc) is 2.87. The van der Waals surface area contributed by atoms with Crippen molar-refractivity contribution in [3.63, 3.8) is 0 Å². The number of carbonyl (C=O) groups is 1. The van der Waals surface area contributed by atoms with Crippen molar-refractivity contribution in [3.8, 4) is 17.2 Å². The number of carbonyl (C=O) groups excluding carboxylic acids is 1. The molecule has 0 atom stereocenters. The lowest BCUT2D eigenvalue weighted by molar-refractivity contribution is 0.0745. The maximum Gasteiger partial charge on any atom is 0.254 e. The topological polar surface area (TPSA) is 83.5 Å². The first-order valence-electron chi connectivity index (χ1n) is 11.6. The summed E-state index contributed by atoms with van der Waals surface area (Å²) in [6, 6.07) is 5.48. The number of benzene rings is 1. The molecule has 1 amide bonds. The summed E-state index contributed by atoms with van der Waals surface area (Å²) in [5.74, 6) is 4.02. The van der Waals surface area contributed by atoms with Crippen LogP contribution in [0.25, 0.3) is 0 Å². The van der Waals surface area contributed by atoms with E-state index in [1.807, 2.05) is 11.8 Å². The predicted molar refractivity (Wildman–Crippen MR) is 131 cm³/mol. The van der Waals surface area contributed by atoms with Crippen molar-refractivity contribution in [1.82, 2.24) is 19.8 Å².